The second-order valence-electron chi connectivity index (χ2n) is 4.62. The molecule has 1 saturated heterocycles. The molecule has 1 aliphatic rings. The molecule has 0 aromatic carbocycles. The molecule has 1 fully saturated rings. The molecule has 0 N–H and O–H groups in total. The van der Waals surface area contributed by atoms with Crippen LogP contribution < -0.4 is 4.90 Å². The predicted octanol–water partition coefficient (Wildman–Crippen LogP) is 0.883. The van der Waals surface area contributed by atoms with E-state index in [2.05, 4.69) is 4.98 Å². The quantitative estimate of drug-likeness (QED) is 0.771. The molecular weight excluding hydrogens is 280 g/mol. The molecule has 110 valence electrons. The molecule has 0 radical (unpaired) electrons. The lowest BCUT2D eigenvalue weighted by Crippen LogP contribution is -2.27. The monoisotopic (exact) mass is 298 g/mol. The van der Waals surface area contributed by atoms with Gasteiger partial charge in [-0.25, -0.2) is 18.2 Å². The minimum absolute atomic E-state index is 0.147. The molecule has 0 saturated carbocycles. The number of nitrogens with zero attached hydrogens (tertiary/aromatic N) is 2. The maximum absolute atomic E-state index is 11.6. The van der Waals surface area contributed by atoms with Crippen LogP contribution in [0, 0.1) is 0 Å². The molecule has 2 heterocycles. The van der Waals surface area contributed by atoms with E-state index in [-0.39, 0.29) is 11.5 Å². The van der Waals surface area contributed by atoms with Crippen molar-refractivity contribution < 1.29 is 17.9 Å². The van der Waals surface area contributed by atoms with E-state index < -0.39 is 15.8 Å². The molecule has 0 aliphatic carbocycles. The Kier molecular flexibility index (Phi) is 4.59. The fourth-order valence-corrected chi connectivity index (χ4v) is 3.35. The summed E-state index contributed by atoms with van der Waals surface area (Å²) in [5, 5.41) is 0. The zero-order valence-electron chi connectivity index (χ0n) is 11.4. The molecule has 20 heavy (non-hydrogen) atoms. The van der Waals surface area contributed by atoms with Crippen molar-refractivity contribution in [2.45, 2.75) is 13.3 Å². The number of carbonyl (C=O) groups excluding carboxylic acids is 1. The highest BCUT2D eigenvalue weighted by molar-refractivity contribution is 7.91. The number of esters is 1. The summed E-state index contributed by atoms with van der Waals surface area (Å²) in [5.74, 6) is 0.666. The summed E-state index contributed by atoms with van der Waals surface area (Å²) in [4.78, 5) is 17.7. The van der Waals surface area contributed by atoms with Crippen molar-refractivity contribution in [1.29, 1.82) is 0 Å². The largest absolute Gasteiger partial charge is 0.462 e. The predicted molar refractivity (Wildman–Crippen MR) is 75.7 cm³/mol. The zero-order valence-corrected chi connectivity index (χ0v) is 12.2. The van der Waals surface area contributed by atoms with Crippen LogP contribution in [0.15, 0.2) is 18.3 Å². The van der Waals surface area contributed by atoms with Gasteiger partial charge in [-0.15, -0.1) is 0 Å². The molecule has 1 aromatic heterocycles. The van der Waals surface area contributed by atoms with Gasteiger partial charge >= 0.3 is 5.97 Å². The lowest BCUT2D eigenvalue weighted by molar-refractivity contribution is 0.0526. The number of carbonyl (C=O) groups is 1. The summed E-state index contributed by atoms with van der Waals surface area (Å²) in [6.07, 6.45) is 2.07. The van der Waals surface area contributed by atoms with Gasteiger partial charge in [-0.2, -0.15) is 0 Å². The highest BCUT2D eigenvalue weighted by Gasteiger charge is 2.20. The van der Waals surface area contributed by atoms with Crippen LogP contribution in [-0.2, 0) is 14.6 Å². The third-order valence-electron chi connectivity index (χ3n) is 3.14. The van der Waals surface area contributed by atoms with E-state index in [0.717, 1.165) is 0 Å². The topological polar surface area (TPSA) is 76.6 Å². The van der Waals surface area contributed by atoms with E-state index >= 15 is 0 Å². The van der Waals surface area contributed by atoms with Crippen LogP contribution in [0.2, 0.25) is 0 Å². The highest BCUT2D eigenvalue weighted by atomic mass is 32.2. The van der Waals surface area contributed by atoms with Gasteiger partial charge in [-0.05, 0) is 25.5 Å². The molecule has 0 unspecified atom stereocenters. The van der Waals surface area contributed by atoms with Crippen molar-refractivity contribution in [3.8, 4) is 0 Å². The summed E-state index contributed by atoms with van der Waals surface area (Å²) in [7, 11) is -2.93. The van der Waals surface area contributed by atoms with E-state index in [1.165, 1.54) is 6.20 Å². The fourth-order valence-electron chi connectivity index (χ4n) is 2.08. The maximum Gasteiger partial charge on any atom is 0.339 e. The first-order valence-electron chi connectivity index (χ1n) is 6.60. The van der Waals surface area contributed by atoms with Crippen LogP contribution in [-0.4, -0.2) is 50.6 Å². The number of hydrogen-bond acceptors (Lipinski definition) is 6. The van der Waals surface area contributed by atoms with Crippen LogP contribution in [0.5, 0.6) is 0 Å². The van der Waals surface area contributed by atoms with Crippen molar-refractivity contribution in [2.75, 3.05) is 36.1 Å². The first kappa shape index (κ1) is 14.8. The van der Waals surface area contributed by atoms with Gasteiger partial charge in [0.1, 0.15) is 5.82 Å². The summed E-state index contributed by atoms with van der Waals surface area (Å²) in [5.41, 5.74) is 0.401. The maximum atomic E-state index is 11.6. The highest BCUT2D eigenvalue weighted by Crippen LogP contribution is 2.15. The molecule has 0 spiro atoms. The van der Waals surface area contributed by atoms with Crippen LogP contribution in [0.3, 0.4) is 0 Å². The Labute approximate surface area is 118 Å². The molecule has 1 aliphatic heterocycles. The number of ether oxygens (including phenoxy) is 1. The average molecular weight is 298 g/mol. The van der Waals surface area contributed by atoms with Gasteiger partial charge in [-0.3, -0.25) is 0 Å². The molecular formula is C13H18N2O4S. The van der Waals surface area contributed by atoms with E-state index in [4.69, 9.17) is 4.74 Å². The van der Waals surface area contributed by atoms with Gasteiger partial charge in [0.2, 0.25) is 0 Å². The third-order valence-corrected chi connectivity index (χ3v) is 4.85. The van der Waals surface area contributed by atoms with E-state index in [1.54, 1.807) is 19.1 Å². The smallest absolute Gasteiger partial charge is 0.339 e. The SMILES string of the molecule is CCOC(=O)c1ccc(N2CCCS(=O)(=O)CC2)nc1. The first-order chi connectivity index (χ1) is 9.52. The minimum Gasteiger partial charge on any atom is -0.462 e. The van der Waals surface area contributed by atoms with E-state index in [1.807, 2.05) is 4.90 Å². The van der Waals surface area contributed by atoms with Crippen molar-refractivity contribution in [2.24, 2.45) is 0 Å². The van der Waals surface area contributed by atoms with Crippen molar-refractivity contribution in [3.63, 3.8) is 0 Å². The number of pyridine rings is 1. The molecule has 0 amide bonds. The zero-order chi connectivity index (χ0) is 14.6. The lowest BCUT2D eigenvalue weighted by Gasteiger charge is -2.20. The Morgan fingerprint density at radius 2 is 2.15 bits per heavy atom. The summed E-state index contributed by atoms with van der Waals surface area (Å²) < 4.78 is 28.0. The minimum atomic E-state index is -2.93. The number of hydrogen-bond donors (Lipinski definition) is 0. The summed E-state index contributed by atoms with van der Waals surface area (Å²) in [6.45, 7) is 3.17. The van der Waals surface area contributed by atoms with Crippen molar-refractivity contribution >= 4 is 21.6 Å². The number of aromatic nitrogens is 1. The van der Waals surface area contributed by atoms with E-state index in [0.29, 0.717) is 37.5 Å². The Bertz CT molecular complexity index is 569. The summed E-state index contributed by atoms with van der Waals surface area (Å²) >= 11 is 0. The Morgan fingerprint density at radius 3 is 2.80 bits per heavy atom. The lowest BCUT2D eigenvalue weighted by atomic mass is 10.2. The van der Waals surface area contributed by atoms with Gasteiger partial charge in [0.25, 0.3) is 0 Å². The molecule has 1 aromatic rings. The molecule has 0 atom stereocenters. The Morgan fingerprint density at radius 1 is 1.35 bits per heavy atom. The Hall–Kier alpha value is -1.63. The van der Waals surface area contributed by atoms with Crippen LogP contribution in [0.4, 0.5) is 5.82 Å². The van der Waals surface area contributed by atoms with Crippen LogP contribution in [0.25, 0.3) is 0 Å². The fraction of sp³-hybridized carbons (Fsp3) is 0.538. The van der Waals surface area contributed by atoms with Gasteiger partial charge < -0.3 is 9.64 Å². The Balaban J connectivity index is 2.08. The molecule has 2 rings (SSSR count). The van der Waals surface area contributed by atoms with Crippen LogP contribution in [0.1, 0.15) is 23.7 Å². The van der Waals surface area contributed by atoms with Gasteiger partial charge in [0, 0.05) is 19.3 Å². The summed E-state index contributed by atoms with van der Waals surface area (Å²) in [6, 6.07) is 3.38. The second-order valence-corrected chi connectivity index (χ2v) is 6.92. The van der Waals surface area contributed by atoms with E-state index in [9.17, 15) is 13.2 Å². The van der Waals surface area contributed by atoms with Gasteiger partial charge in [-0.1, -0.05) is 0 Å². The standard InChI is InChI=1S/C13H18N2O4S/c1-2-19-13(16)11-4-5-12(14-10-11)15-6-3-8-20(17,18)9-7-15/h4-5,10H,2-3,6-9H2,1H3. The van der Waals surface area contributed by atoms with Crippen LogP contribution >= 0.6 is 0 Å². The van der Waals surface area contributed by atoms with Gasteiger partial charge in [0.05, 0.1) is 23.7 Å². The average Bonchev–Trinajstić information content (AvgIpc) is 2.60. The molecule has 7 heteroatoms. The number of sulfone groups is 1. The van der Waals surface area contributed by atoms with Crippen molar-refractivity contribution in [1.82, 2.24) is 4.98 Å². The third kappa shape index (κ3) is 3.69. The van der Waals surface area contributed by atoms with Crippen molar-refractivity contribution in [3.05, 3.63) is 23.9 Å². The first-order valence-corrected chi connectivity index (χ1v) is 8.42. The second kappa shape index (κ2) is 6.21. The molecule has 6 nitrogen and oxygen atoms in total. The number of anilines is 1. The molecule has 0 bridgehead atoms. The van der Waals surface area contributed by atoms with Gasteiger partial charge in [0.15, 0.2) is 9.84 Å². The normalized spacial score (nSPS) is 18.4. The number of rotatable bonds is 3.